The highest BCUT2D eigenvalue weighted by Crippen LogP contribution is 2.30. The first-order valence-corrected chi connectivity index (χ1v) is 10.1. The lowest BCUT2D eigenvalue weighted by Gasteiger charge is -2.30. The first-order valence-electron chi connectivity index (χ1n) is 10.1. The fourth-order valence-electron chi connectivity index (χ4n) is 3.91. The molecule has 0 amide bonds. The Kier molecular flexibility index (Phi) is 4.93. The molecule has 152 valence electrons. The number of nitrogens with zero attached hydrogens (tertiary/aromatic N) is 4. The second-order valence-corrected chi connectivity index (χ2v) is 7.47. The Morgan fingerprint density at radius 3 is 2.83 bits per heavy atom. The van der Waals surface area contributed by atoms with Gasteiger partial charge in [-0.25, -0.2) is 4.98 Å². The van der Waals surface area contributed by atoms with Crippen molar-refractivity contribution in [3.8, 4) is 28.4 Å². The van der Waals surface area contributed by atoms with E-state index in [2.05, 4.69) is 37.1 Å². The second kappa shape index (κ2) is 8.02. The zero-order valence-corrected chi connectivity index (χ0v) is 16.8. The summed E-state index contributed by atoms with van der Waals surface area (Å²) >= 11 is 0. The number of ether oxygens (including phenoxy) is 1. The largest absolute Gasteiger partial charge is 0.497 e. The summed E-state index contributed by atoms with van der Waals surface area (Å²) in [5.41, 5.74) is 3.06. The Morgan fingerprint density at radius 2 is 1.97 bits per heavy atom. The molecule has 7 nitrogen and oxygen atoms in total. The van der Waals surface area contributed by atoms with Gasteiger partial charge in [-0.1, -0.05) is 47.6 Å². The average molecular weight is 401 g/mol. The molecule has 3 heterocycles. The molecule has 0 spiro atoms. The van der Waals surface area contributed by atoms with Gasteiger partial charge in [0, 0.05) is 24.6 Å². The van der Waals surface area contributed by atoms with Crippen molar-refractivity contribution in [3.63, 3.8) is 0 Å². The number of anilines is 1. The van der Waals surface area contributed by atoms with Gasteiger partial charge in [0.15, 0.2) is 0 Å². The quantitative estimate of drug-likeness (QED) is 0.530. The fourth-order valence-corrected chi connectivity index (χ4v) is 3.91. The van der Waals surface area contributed by atoms with Crippen molar-refractivity contribution in [1.29, 1.82) is 0 Å². The minimum absolute atomic E-state index is 0.295. The topological polar surface area (TPSA) is 80.1 Å². The van der Waals surface area contributed by atoms with Crippen LogP contribution in [0.15, 0.2) is 65.3 Å². The Morgan fingerprint density at radius 1 is 1.10 bits per heavy atom. The van der Waals surface area contributed by atoms with Crippen LogP contribution in [0.4, 0.5) is 6.01 Å². The monoisotopic (exact) mass is 401 g/mol. The molecule has 2 aromatic carbocycles. The zero-order chi connectivity index (χ0) is 20.3. The van der Waals surface area contributed by atoms with E-state index in [9.17, 15) is 0 Å². The van der Waals surface area contributed by atoms with Crippen LogP contribution in [0, 0.1) is 0 Å². The Bertz CT molecular complexity index is 1120. The minimum Gasteiger partial charge on any atom is -0.497 e. The van der Waals surface area contributed by atoms with Crippen LogP contribution in [0.2, 0.25) is 0 Å². The maximum Gasteiger partial charge on any atom is 0.324 e. The van der Waals surface area contributed by atoms with E-state index in [1.807, 2.05) is 48.7 Å². The SMILES string of the molecule is COc1cccc(-c2noc(N3CCCC(c4ncc(-c5ccccc5)[nH]4)C3)n2)c1. The van der Waals surface area contributed by atoms with Gasteiger partial charge in [-0.15, -0.1) is 0 Å². The Labute approximate surface area is 174 Å². The van der Waals surface area contributed by atoms with Crippen LogP contribution in [0.1, 0.15) is 24.6 Å². The van der Waals surface area contributed by atoms with E-state index in [-0.39, 0.29) is 0 Å². The second-order valence-electron chi connectivity index (χ2n) is 7.47. The molecule has 7 heteroatoms. The van der Waals surface area contributed by atoms with Crippen LogP contribution in [0.25, 0.3) is 22.6 Å². The molecule has 0 radical (unpaired) electrons. The molecule has 0 bridgehead atoms. The highest BCUT2D eigenvalue weighted by atomic mass is 16.5. The zero-order valence-electron chi connectivity index (χ0n) is 16.8. The number of aromatic amines is 1. The van der Waals surface area contributed by atoms with Gasteiger partial charge in [0.05, 0.1) is 19.0 Å². The Hall–Kier alpha value is -3.61. The van der Waals surface area contributed by atoms with Gasteiger partial charge >= 0.3 is 6.01 Å². The van der Waals surface area contributed by atoms with E-state index in [1.165, 1.54) is 0 Å². The summed E-state index contributed by atoms with van der Waals surface area (Å²) in [6.45, 7) is 1.68. The van der Waals surface area contributed by atoms with Crippen LogP contribution in [-0.4, -0.2) is 40.3 Å². The summed E-state index contributed by atoms with van der Waals surface area (Å²) in [4.78, 5) is 14.9. The van der Waals surface area contributed by atoms with Crippen LogP contribution in [-0.2, 0) is 0 Å². The van der Waals surface area contributed by atoms with Crippen molar-refractivity contribution in [3.05, 3.63) is 66.6 Å². The molecule has 0 aliphatic carbocycles. The number of benzene rings is 2. The summed E-state index contributed by atoms with van der Waals surface area (Å²) in [7, 11) is 1.65. The first kappa shape index (κ1) is 18.4. The van der Waals surface area contributed by atoms with Gasteiger partial charge in [0.2, 0.25) is 5.82 Å². The van der Waals surface area contributed by atoms with Crippen LogP contribution in [0.5, 0.6) is 5.75 Å². The highest BCUT2D eigenvalue weighted by molar-refractivity contribution is 5.59. The Balaban J connectivity index is 1.33. The van der Waals surface area contributed by atoms with Crippen molar-refractivity contribution >= 4 is 6.01 Å². The number of hydrogen-bond acceptors (Lipinski definition) is 6. The number of rotatable bonds is 5. The van der Waals surface area contributed by atoms with E-state index in [4.69, 9.17) is 9.26 Å². The lowest BCUT2D eigenvalue weighted by Crippen LogP contribution is -2.35. The number of aromatic nitrogens is 4. The van der Waals surface area contributed by atoms with Gasteiger partial charge in [-0.3, -0.25) is 0 Å². The third-order valence-electron chi connectivity index (χ3n) is 5.50. The number of H-pyrrole nitrogens is 1. The van der Waals surface area contributed by atoms with Crippen molar-refractivity contribution in [2.45, 2.75) is 18.8 Å². The fraction of sp³-hybridized carbons (Fsp3) is 0.261. The van der Waals surface area contributed by atoms with Gasteiger partial charge < -0.3 is 19.1 Å². The number of methoxy groups -OCH3 is 1. The molecule has 5 rings (SSSR count). The molecule has 2 aromatic heterocycles. The summed E-state index contributed by atoms with van der Waals surface area (Å²) in [5, 5.41) is 4.17. The van der Waals surface area contributed by atoms with Crippen LogP contribution in [0.3, 0.4) is 0 Å². The standard InChI is InChI=1S/C23H23N5O2/c1-29-19-11-5-9-17(13-19)22-26-23(30-27-22)28-12-6-10-18(15-28)21-24-14-20(25-21)16-7-3-2-4-8-16/h2-5,7-9,11,13-14,18H,6,10,12,15H2,1H3,(H,24,25). The average Bonchev–Trinajstić information content (AvgIpc) is 3.50. The van der Waals surface area contributed by atoms with Crippen molar-refractivity contribution in [2.24, 2.45) is 0 Å². The lowest BCUT2D eigenvalue weighted by molar-refractivity contribution is 0.391. The summed E-state index contributed by atoms with van der Waals surface area (Å²) in [5.74, 6) is 2.63. The predicted molar refractivity (Wildman–Crippen MR) is 114 cm³/mol. The first-order chi connectivity index (χ1) is 14.8. The van der Waals surface area contributed by atoms with E-state index in [0.29, 0.717) is 17.8 Å². The maximum absolute atomic E-state index is 5.58. The van der Waals surface area contributed by atoms with Gasteiger partial charge in [-0.05, 0) is 30.5 Å². The minimum atomic E-state index is 0.295. The molecule has 1 aliphatic rings. The predicted octanol–water partition coefficient (Wildman–Crippen LogP) is 4.52. The van der Waals surface area contributed by atoms with E-state index < -0.39 is 0 Å². The molecule has 1 fully saturated rings. The van der Waals surface area contributed by atoms with Crippen molar-refractivity contribution in [1.82, 2.24) is 20.1 Å². The molecular formula is C23H23N5O2. The number of imidazole rings is 1. The maximum atomic E-state index is 5.58. The van der Waals surface area contributed by atoms with Crippen LogP contribution < -0.4 is 9.64 Å². The molecule has 0 saturated carbocycles. The van der Waals surface area contributed by atoms with Crippen molar-refractivity contribution < 1.29 is 9.26 Å². The number of piperidine rings is 1. The molecule has 1 atom stereocenters. The summed E-state index contributed by atoms with van der Waals surface area (Å²) in [6, 6.07) is 18.5. The van der Waals surface area contributed by atoms with Gasteiger partial charge in [0.25, 0.3) is 0 Å². The van der Waals surface area contributed by atoms with Gasteiger partial charge in [0.1, 0.15) is 11.6 Å². The summed E-state index contributed by atoms with van der Waals surface area (Å²) in [6.07, 6.45) is 4.04. The molecule has 1 N–H and O–H groups in total. The number of nitrogens with one attached hydrogen (secondary N) is 1. The third kappa shape index (κ3) is 3.66. The summed E-state index contributed by atoms with van der Waals surface area (Å²) < 4.78 is 10.9. The highest BCUT2D eigenvalue weighted by Gasteiger charge is 2.27. The van der Waals surface area contributed by atoms with Gasteiger partial charge in [-0.2, -0.15) is 4.98 Å². The van der Waals surface area contributed by atoms with E-state index in [1.54, 1.807) is 7.11 Å². The molecule has 1 unspecified atom stereocenters. The molecule has 1 aliphatic heterocycles. The van der Waals surface area contributed by atoms with Crippen LogP contribution >= 0.6 is 0 Å². The number of hydrogen-bond donors (Lipinski definition) is 1. The van der Waals surface area contributed by atoms with Crippen molar-refractivity contribution in [2.75, 3.05) is 25.1 Å². The smallest absolute Gasteiger partial charge is 0.324 e. The molecule has 30 heavy (non-hydrogen) atoms. The normalized spacial score (nSPS) is 16.6. The third-order valence-corrected chi connectivity index (χ3v) is 5.50. The van der Waals surface area contributed by atoms with E-state index >= 15 is 0 Å². The molecule has 1 saturated heterocycles. The molecular weight excluding hydrogens is 378 g/mol. The lowest BCUT2D eigenvalue weighted by atomic mass is 9.98. The molecule has 4 aromatic rings. The van der Waals surface area contributed by atoms with E-state index in [0.717, 1.165) is 54.3 Å².